The molecule has 4 aromatic rings. The van der Waals surface area contributed by atoms with Crippen LogP contribution < -0.4 is 24.4 Å². The van der Waals surface area contributed by atoms with Crippen LogP contribution in [-0.2, 0) is 11.2 Å². The zero-order valence-corrected chi connectivity index (χ0v) is 23.2. The lowest BCUT2D eigenvalue weighted by Gasteiger charge is -2.30. The normalized spacial score (nSPS) is 16.5. The highest BCUT2D eigenvalue weighted by Gasteiger charge is 2.33. The first kappa shape index (κ1) is 24.1. The summed E-state index contributed by atoms with van der Waals surface area (Å²) in [6, 6.07) is 15.9. The van der Waals surface area contributed by atoms with E-state index in [9.17, 15) is 9.59 Å². The van der Waals surface area contributed by atoms with Gasteiger partial charge in [0.2, 0.25) is 0 Å². The Hall–Kier alpha value is -3.27. The van der Waals surface area contributed by atoms with Gasteiger partial charge < -0.3 is 9.47 Å². The Labute approximate surface area is 229 Å². The molecule has 2 aromatic carbocycles. The zero-order valence-electron chi connectivity index (χ0n) is 20.0. The van der Waals surface area contributed by atoms with Crippen LogP contribution in [-0.4, -0.2) is 17.6 Å². The molecule has 0 saturated heterocycles. The number of esters is 1. The van der Waals surface area contributed by atoms with Crippen LogP contribution in [0.5, 0.6) is 11.5 Å². The van der Waals surface area contributed by atoms with Gasteiger partial charge in [-0.3, -0.25) is 14.2 Å². The molecule has 0 radical (unpaired) electrons. The summed E-state index contributed by atoms with van der Waals surface area (Å²) in [5, 5.41) is 2.05. The number of benzene rings is 2. The van der Waals surface area contributed by atoms with Crippen molar-refractivity contribution in [2.24, 2.45) is 4.99 Å². The Balaban J connectivity index is 1.55. The lowest BCUT2D eigenvalue weighted by Crippen LogP contribution is -2.38. The van der Waals surface area contributed by atoms with Crippen molar-refractivity contribution in [2.45, 2.75) is 25.8 Å². The van der Waals surface area contributed by atoms with Crippen LogP contribution in [0.3, 0.4) is 0 Å². The summed E-state index contributed by atoms with van der Waals surface area (Å²) < 4.78 is 13.7. The molecule has 2 aliphatic rings. The average Bonchev–Trinajstić information content (AvgIpc) is 3.52. The predicted octanol–water partition coefficient (Wildman–Crippen LogP) is 5.08. The quantitative estimate of drug-likeness (QED) is 0.245. The second-order valence-corrected chi connectivity index (χ2v) is 11.6. The number of methoxy groups -OCH3 is 1. The van der Waals surface area contributed by atoms with Crippen LogP contribution in [0.2, 0.25) is 0 Å². The van der Waals surface area contributed by atoms with Gasteiger partial charge in [0.05, 0.1) is 27.9 Å². The molecule has 0 bridgehead atoms. The van der Waals surface area contributed by atoms with E-state index in [0.717, 1.165) is 34.5 Å². The van der Waals surface area contributed by atoms with E-state index in [0.29, 0.717) is 25.3 Å². The molecule has 2 aromatic heterocycles. The van der Waals surface area contributed by atoms with Gasteiger partial charge in [-0.25, -0.2) is 4.99 Å². The van der Waals surface area contributed by atoms with E-state index in [1.54, 1.807) is 23.5 Å². The van der Waals surface area contributed by atoms with Crippen LogP contribution in [0.1, 0.15) is 41.0 Å². The monoisotopic (exact) mass is 592 g/mol. The largest absolute Gasteiger partial charge is 0.493 e. The molecule has 3 heterocycles. The first-order chi connectivity index (χ1) is 17.9. The average molecular weight is 594 g/mol. The Kier molecular flexibility index (Phi) is 6.22. The highest BCUT2D eigenvalue weighted by atomic mass is 79.9. The number of hydrogen-bond donors (Lipinski definition) is 0. The molecule has 6 nitrogen and oxygen atoms in total. The van der Waals surface area contributed by atoms with E-state index in [1.165, 1.54) is 36.5 Å². The SMILES string of the molecule is COc1cc(/C=c2/sc3n(c2=O)[C@@H](c2cccs2)C2=C(N=3)c3ccccc3CC2)cc(Br)c1OC(C)=O. The topological polar surface area (TPSA) is 69.9 Å². The third kappa shape index (κ3) is 4.21. The maximum atomic E-state index is 13.8. The van der Waals surface area contributed by atoms with E-state index < -0.39 is 5.97 Å². The van der Waals surface area contributed by atoms with Gasteiger partial charge >= 0.3 is 5.97 Å². The van der Waals surface area contributed by atoms with Crippen LogP contribution in [0.25, 0.3) is 11.8 Å². The molecule has 1 aliphatic carbocycles. The smallest absolute Gasteiger partial charge is 0.308 e. The highest BCUT2D eigenvalue weighted by Crippen LogP contribution is 2.42. The molecule has 0 unspecified atom stereocenters. The van der Waals surface area contributed by atoms with E-state index in [2.05, 4.69) is 45.6 Å². The molecular weight excluding hydrogens is 572 g/mol. The molecule has 1 atom stereocenters. The summed E-state index contributed by atoms with van der Waals surface area (Å²) in [4.78, 5) is 32.2. The van der Waals surface area contributed by atoms with Crippen LogP contribution in [0.4, 0.5) is 0 Å². The molecule has 0 spiro atoms. The van der Waals surface area contributed by atoms with Crippen LogP contribution >= 0.6 is 38.6 Å². The Morgan fingerprint density at radius 3 is 2.78 bits per heavy atom. The maximum absolute atomic E-state index is 13.8. The highest BCUT2D eigenvalue weighted by molar-refractivity contribution is 9.10. The van der Waals surface area contributed by atoms with Gasteiger partial charge in [0, 0.05) is 17.4 Å². The standard InChI is InChI=1S/C28H21BrN2O4S2/c1-15(32)35-26-20(29)12-16(13-21(26)34-2)14-23-27(33)31-25(22-8-5-11-36-22)19-10-9-17-6-3-4-7-18(17)24(19)30-28(31)37-23/h3-8,11-14,25H,9-10H2,1-2H3/b23-14+/t25-/m1/s1. The molecule has 0 amide bonds. The summed E-state index contributed by atoms with van der Waals surface area (Å²) >= 11 is 6.51. The number of ether oxygens (including phenoxy) is 2. The fourth-order valence-electron chi connectivity index (χ4n) is 4.94. The van der Waals surface area contributed by atoms with Gasteiger partial charge in [0.15, 0.2) is 16.3 Å². The second kappa shape index (κ2) is 9.55. The third-order valence-corrected chi connectivity index (χ3v) is 8.98. The fraction of sp³-hybridized carbons (Fsp3) is 0.179. The van der Waals surface area contributed by atoms with Crippen molar-refractivity contribution in [1.82, 2.24) is 4.57 Å². The number of carbonyl (C=O) groups excluding carboxylic acids is 1. The van der Waals surface area contributed by atoms with Crippen molar-refractivity contribution in [3.8, 4) is 11.5 Å². The van der Waals surface area contributed by atoms with Crippen LogP contribution in [0.15, 0.2) is 73.7 Å². The third-order valence-electron chi connectivity index (χ3n) is 6.48. The number of thiazole rings is 1. The number of allylic oxidation sites excluding steroid dienone is 1. The summed E-state index contributed by atoms with van der Waals surface area (Å²) in [6.45, 7) is 1.34. The van der Waals surface area contributed by atoms with E-state index >= 15 is 0 Å². The minimum absolute atomic E-state index is 0.0771. The number of hydrogen-bond acceptors (Lipinski definition) is 7. The summed E-state index contributed by atoms with van der Waals surface area (Å²) in [5.74, 6) is 0.254. The Morgan fingerprint density at radius 2 is 2.03 bits per heavy atom. The van der Waals surface area contributed by atoms with Crippen molar-refractivity contribution in [3.63, 3.8) is 0 Å². The van der Waals surface area contributed by atoms with Crippen molar-refractivity contribution in [1.29, 1.82) is 0 Å². The number of halogens is 1. The zero-order chi connectivity index (χ0) is 25.7. The van der Waals surface area contributed by atoms with Gasteiger partial charge in [-0.05, 0) is 75.1 Å². The van der Waals surface area contributed by atoms with Crippen molar-refractivity contribution in [2.75, 3.05) is 7.11 Å². The van der Waals surface area contributed by atoms with E-state index in [1.807, 2.05) is 22.8 Å². The molecule has 0 saturated carbocycles. The molecule has 37 heavy (non-hydrogen) atoms. The lowest BCUT2D eigenvalue weighted by molar-refractivity contribution is -0.132. The molecule has 186 valence electrons. The minimum Gasteiger partial charge on any atom is -0.493 e. The summed E-state index contributed by atoms with van der Waals surface area (Å²) in [7, 11) is 1.51. The molecular formula is C28H21BrN2O4S2. The van der Waals surface area contributed by atoms with Gasteiger partial charge in [-0.2, -0.15) is 0 Å². The van der Waals surface area contributed by atoms with Gasteiger partial charge in [0.25, 0.3) is 5.56 Å². The number of nitrogens with zero attached hydrogens (tertiary/aromatic N) is 2. The molecule has 6 rings (SSSR count). The lowest BCUT2D eigenvalue weighted by atomic mass is 9.85. The minimum atomic E-state index is -0.445. The number of aryl methyl sites for hydroxylation is 1. The van der Waals surface area contributed by atoms with Gasteiger partial charge in [0.1, 0.15) is 0 Å². The number of carbonyl (C=O) groups is 1. The van der Waals surface area contributed by atoms with Crippen molar-refractivity contribution >= 4 is 56.3 Å². The first-order valence-corrected chi connectivity index (χ1v) is 14.2. The Morgan fingerprint density at radius 1 is 1.19 bits per heavy atom. The van der Waals surface area contributed by atoms with E-state index in [4.69, 9.17) is 14.5 Å². The summed E-state index contributed by atoms with van der Waals surface area (Å²) in [6.07, 6.45) is 3.63. The van der Waals surface area contributed by atoms with Crippen molar-refractivity contribution < 1.29 is 14.3 Å². The van der Waals surface area contributed by atoms with E-state index in [-0.39, 0.29) is 11.6 Å². The number of aromatic nitrogens is 1. The second-order valence-electron chi connectivity index (χ2n) is 8.76. The van der Waals surface area contributed by atoms with Crippen molar-refractivity contribution in [3.05, 3.63) is 105 Å². The van der Waals surface area contributed by atoms with Gasteiger partial charge in [-0.15, -0.1) is 11.3 Å². The molecule has 9 heteroatoms. The maximum Gasteiger partial charge on any atom is 0.308 e. The molecule has 1 aliphatic heterocycles. The number of fused-ring (bicyclic) bond motifs is 3. The van der Waals surface area contributed by atoms with Gasteiger partial charge in [-0.1, -0.05) is 41.7 Å². The number of thiophene rings is 1. The predicted molar refractivity (Wildman–Crippen MR) is 149 cm³/mol. The number of rotatable bonds is 4. The Bertz CT molecular complexity index is 1770. The molecule has 0 fully saturated rings. The molecule has 0 N–H and O–H groups in total. The fourth-order valence-corrected chi connectivity index (χ4v) is 7.32. The summed E-state index contributed by atoms with van der Waals surface area (Å²) in [5.41, 5.74) is 5.29. The van der Waals surface area contributed by atoms with Crippen LogP contribution in [0, 0.1) is 0 Å². The first-order valence-electron chi connectivity index (χ1n) is 11.7.